The number of carbonyl (C=O) groups is 1. The number of methoxy groups -OCH3 is 1. The lowest BCUT2D eigenvalue weighted by molar-refractivity contribution is -0.125. The number of rotatable bonds is 5. The molecule has 1 unspecified atom stereocenters. The van der Waals surface area contributed by atoms with Crippen LogP contribution in [0.3, 0.4) is 0 Å². The number of halogens is 1. The van der Waals surface area contributed by atoms with Crippen LogP contribution >= 0.6 is 12.4 Å². The summed E-state index contributed by atoms with van der Waals surface area (Å²) in [6, 6.07) is 6.45. The summed E-state index contributed by atoms with van der Waals surface area (Å²) in [7, 11) is 1.58. The zero-order chi connectivity index (χ0) is 15.3. The highest BCUT2D eigenvalue weighted by atomic mass is 35.5. The average Bonchev–Trinajstić information content (AvgIpc) is 2.42. The van der Waals surface area contributed by atoms with Crippen molar-refractivity contribution in [1.29, 1.82) is 0 Å². The molecule has 0 heterocycles. The molecule has 0 fully saturated rings. The van der Waals surface area contributed by atoms with Crippen LogP contribution in [0.5, 0.6) is 5.75 Å². The third kappa shape index (κ3) is 5.91. The highest BCUT2D eigenvalue weighted by molar-refractivity contribution is 5.85. The van der Waals surface area contributed by atoms with E-state index in [9.17, 15) is 9.90 Å². The van der Waals surface area contributed by atoms with E-state index in [-0.39, 0.29) is 30.3 Å². The Hall–Kier alpha value is -1.30. The molecule has 21 heavy (non-hydrogen) atoms. The summed E-state index contributed by atoms with van der Waals surface area (Å²) >= 11 is 0. The molecule has 2 atom stereocenters. The molecule has 1 rings (SSSR count). The van der Waals surface area contributed by atoms with Crippen molar-refractivity contribution >= 4 is 18.3 Å². The highest BCUT2D eigenvalue weighted by Gasteiger charge is 2.27. The van der Waals surface area contributed by atoms with E-state index in [0.29, 0.717) is 0 Å². The number of aliphatic hydroxyl groups excluding tert-OH is 1. The van der Waals surface area contributed by atoms with Crippen LogP contribution < -0.4 is 15.8 Å². The molecular formula is C15H25ClN2O3. The molecule has 0 aliphatic rings. The molecule has 0 saturated carbocycles. The van der Waals surface area contributed by atoms with Crippen LogP contribution in [0.4, 0.5) is 0 Å². The molecule has 4 N–H and O–H groups in total. The topological polar surface area (TPSA) is 84.6 Å². The number of ether oxygens (including phenoxy) is 1. The lowest BCUT2D eigenvalue weighted by atomic mass is 9.87. The van der Waals surface area contributed by atoms with Crippen LogP contribution in [0.25, 0.3) is 0 Å². The van der Waals surface area contributed by atoms with Gasteiger partial charge in [0, 0.05) is 6.54 Å². The first-order valence-corrected chi connectivity index (χ1v) is 6.61. The summed E-state index contributed by atoms with van der Waals surface area (Å²) in [5.74, 6) is 0.463. The number of hydrogen-bond acceptors (Lipinski definition) is 4. The first-order chi connectivity index (χ1) is 9.25. The van der Waals surface area contributed by atoms with Crippen LogP contribution in [0.2, 0.25) is 0 Å². The van der Waals surface area contributed by atoms with Crippen LogP contribution in [0.1, 0.15) is 32.4 Å². The standard InChI is InChI=1S/C15H24N2O3.ClH/c1-15(2,3)13(16)14(19)17-9-12(18)10-5-7-11(20-4)8-6-10;/h5-8,12-13,18H,9,16H2,1-4H3,(H,17,19);1H/t12?,13-;/m1./s1. The summed E-state index contributed by atoms with van der Waals surface area (Å²) < 4.78 is 5.05. The minimum atomic E-state index is -0.767. The maximum atomic E-state index is 11.9. The quantitative estimate of drug-likeness (QED) is 0.771. The number of hydrogen-bond donors (Lipinski definition) is 3. The largest absolute Gasteiger partial charge is 0.497 e. The van der Waals surface area contributed by atoms with Crippen molar-refractivity contribution in [3.63, 3.8) is 0 Å². The molecule has 5 nitrogen and oxygen atoms in total. The molecule has 0 spiro atoms. The predicted molar refractivity (Wildman–Crippen MR) is 85.6 cm³/mol. The van der Waals surface area contributed by atoms with Gasteiger partial charge >= 0.3 is 0 Å². The number of benzene rings is 1. The van der Waals surface area contributed by atoms with E-state index < -0.39 is 12.1 Å². The smallest absolute Gasteiger partial charge is 0.237 e. The third-order valence-corrected chi connectivity index (χ3v) is 3.19. The number of carbonyl (C=O) groups excluding carboxylic acids is 1. The average molecular weight is 317 g/mol. The fourth-order valence-corrected chi connectivity index (χ4v) is 1.64. The Kier molecular flexibility index (Phi) is 7.71. The highest BCUT2D eigenvalue weighted by Crippen LogP contribution is 2.19. The van der Waals surface area contributed by atoms with E-state index in [1.165, 1.54) is 0 Å². The third-order valence-electron chi connectivity index (χ3n) is 3.19. The maximum absolute atomic E-state index is 11.9. The van der Waals surface area contributed by atoms with Gasteiger partial charge < -0.3 is 20.9 Å². The Morgan fingerprint density at radius 2 is 1.86 bits per heavy atom. The number of amides is 1. The van der Waals surface area contributed by atoms with Crippen molar-refractivity contribution in [2.24, 2.45) is 11.1 Å². The Balaban J connectivity index is 0.00000400. The van der Waals surface area contributed by atoms with Crippen LogP contribution in [0, 0.1) is 5.41 Å². The Labute approximate surface area is 132 Å². The number of aliphatic hydroxyl groups is 1. The van der Waals surface area contributed by atoms with Gasteiger partial charge in [0.05, 0.1) is 19.3 Å². The normalized spacial score (nSPS) is 13.8. The van der Waals surface area contributed by atoms with Crippen LogP contribution in [-0.4, -0.2) is 30.7 Å². The van der Waals surface area contributed by atoms with E-state index in [4.69, 9.17) is 10.5 Å². The summed E-state index contributed by atoms with van der Waals surface area (Å²) in [5, 5.41) is 12.7. The zero-order valence-corrected chi connectivity index (χ0v) is 13.7. The summed E-state index contributed by atoms with van der Waals surface area (Å²) in [4.78, 5) is 11.9. The van der Waals surface area contributed by atoms with Crippen molar-refractivity contribution in [3.05, 3.63) is 29.8 Å². The van der Waals surface area contributed by atoms with Crippen LogP contribution in [-0.2, 0) is 4.79 Å². The molecule has 0 aliphatic carbocycles. The van der Waals surface area contributed by atoms with Crippen molar-refractivity contribution in [3.8, 4) is 5.75 Å². The van der Waals surface area contributed by atoms with Gasteiger partial charge in [-0.15, -0.1) is 12.4 Å². The Bertz CT molecular complexity index is 443. The summed E-state index contributed by atoms with van der Waals surface area (Å²) in [5.41, 5.74) is 6.25. The predicted octanol–water partition coefficient (Wildman–Crippen LogP) is 1.64. The first-order valence-electron chi connectivity index (χ1n) is 6.61. The molecule has 0 aromatic heterocycles. The molecule has 0 aliphatic heterocycles. The van der Waals surface area contributed by atoms with Crippen molar-refractivity contribution < 1.29 is 14.6 Å². The van der Waals surface area contributed by atoms with Gasteiger partial charge in [-0.1, -0.05) is 32.9 Å². The van der Waals surface area contributed by atoms with E-state index in [2.05, 4.69) is 5.32 Å². The molecule has 0 bridgehead atoms. The number of nitrogens with two attached hydrogens (primary N) is 1. The summed E-state index contributed by atoms with van der Waals surface area (Å²) in [6.07, 6.45) is -0.767. The second kappa shape index (κ2) is 8.22. The minimum absolute atomic E-state index is 0. The lowest BCUT2D eigenvalue weighted by Crippen LogP contribution is -2.49. The summed E-state index contributed by atoms with van der Waals surface area (Å²) in [6.45, 7) is 5.83. The Morgan fingerprint density at radius 1 is 1.33 bits per heavy atom. The second-order valence-electron chi connectivity index (χ2n) is 5.88. The van der Waals surface area contributed by atoms with Gasteiger partial charge in [0.2, 0.25) is 5.91 Å². The molecule has 0 saturated heterocycles. The molecule has 6 heteroatoms. The Morgan fingerprint density at radius 3 is 2.29 bits per heavy atom. The van der Waals surface area contributed by atoms with E-state index in [1.54, 1.807) is 31.4 Å². The fourth-order valence-electron chi connectivity index (χ4n) is 1.64. The van der Waals surface area contributed by atoms with Crippen molar-refractivity contribution in [2.75, 3.05) is 13.7 Å². The van der Waals surface area contributed by atoms with Gasteiger partial charge in [-0.3, -0.25) is 4.79 Å². The van der Waals surface area contributed by atoms with Gasteiger partial charge in [-0.05, 0) is 23.1 Å². The lowest BCUT2D eigenvalue weighted by Gasteiger charge is -2.26. The fraction of sp³-hybridized carbons (Fsp3) is 0.533. The molecule has 120 valence electrons. The van der Waals surface area contributed by atoms with Gasteiger partial charge in [0.1, 0.15) is 5.75 Å². The van der Waals surface area contributed by atoms with E-state index in [0.717, 1.165) is 11.3 Å². The zero-order valence-electron chi connectivity index (χ0n) is 12.9. The monoisotopic (exact) mass is 316 g/mol. The molecule has 1 aromatic rings. The van der Waals surface area contributed by atoms with Crippen molar-refractivity contribution in [2.45, 2.75) is 32.9 Å². The second-order valence-corrected chi connectivity index (χ2v) is 5.88. The number of nitrogens with one attached hydrogen (secondary N) is 1. The molecule has 1 aromatic carbocycles. The minimum Gasteiger partial charge on any atom is -0.497 e. The first kappa shape index (κ1) is 19.7. The van der Waals surface area contributed by atoms with E-state index in [1.807, 2.05) is 20.8 Å². The molecular weight excluding hydrogens is 292 g/mol. The van der Waals surface area contributed by atoms with Gasteiger partial charge in [-0.2, -0.15) is 0 Å². The van der Waals surface area contributed by atoms with Crippen molar-refractivity contribution in [1.82, 2.24) is 5.32 Å². The molecule has 0 radical (unpaired) electrons. The maximum Gasteiger partial charge on any atom is 0.237 e. The SMILES string of the molecule is COc1ccc(C(O)CNC(=O)[C@@H](N)C(C)(C)C)cc1.Cl. The van der Waals surface area contributed by atoms with Gasteiger partial charge in [-0.25, -0.2) is 0 Å². The van der Waals surface area contributed by atoms with E-state index >= 15 is 0 Å². The van der Waals surface area contributed by atoms with Gasteiger partial charge in [0.15, 0.2) is 0 Å². The van der Waals surface area contributed by atoms with Gasteiger partial charge in [0.25, 0.3) is 0 Å². The van der Waals surface area contributed by atoms with Crippen LogP contribution in [0.15, 0.2) is 24.3 Å². The molecule has 1 amide bonds.